The van der Waals surface area contributed by atoms with Gasteiger partial charge in [0.15, 0.2) is 0 Å². The quantitative estimate of drug-likeness (QED) is 0.724. The van der Waals surface area contributed by atoms with Crippen molar-refractivity contribution < 1.29 is 9.31 Å². The largest absolute Gasteiger partial charge is 0.495 e. The molecule has 2 heterocycles. The number of hydrogen-bond donors (Lipinski definition) is 0. The van der Waals surface area contributed by atoms with Gasteiger partial charge in [0, 0.05) is 0 Å². The Bertz CT molecular complexity index is 472. The molecule has 3 aliphatic rings. The summed E-state index contributed by atoms with van der Waals surface area (Å²) in [5.41, 5.74) is 1.56. The lowest BCUT2D eigenvalue weighted by Crippen LogP contribution is -2.43. The normalized spacial score (nSPS) is 44.6. The Hall–Kier alpha value is -0.315. The van der Waals surface area contributed by atoms with Crippen molar-refractivity contribution in [1.29, 1.82) is 0 Å². The molecular weight excluding hydrogens is 243 g/mol. The Morgan fingerprint density at radius 1 is 1.33 bits per heavy atom. The van der Waals surface area contributed by atoms with Crippen LogP contribution in [0.25, 0.3) is 0 Å². The zero-order chi connectivity index (χ0) is 12.5. The molecule has 0 unspecified atom stereocenters. The average molecular weight is 262 g/mol. The zero-order valence-corrected chi connectivity index (χ0v) is 12.0. The molecule has 18 heavy (non-hydrogen) atoms. The van der Waals surface area contributed by atoms with Gasteiger partial charge in [-0.1, -0.05) is 19.9 Å². The summed E-state index contributed by atoms with van der Waals surface area (Å²) in [6.45, 7) is 7.05. The lowest BCUT2D eigenvalue weighted by Gasteiger charge is -2.34. The second-order valence-corrected chi connectivity index (χ2v) is 7.58. The third kappa shape index (κ3) is 1.32. The summed E-state index contributed by atoms with van der Waals surface area (Å²) in [6.07, 6.45) is 2.74. The molecule has 2 saturated carbocycles. The van der Waals surface area contributed by atoms with Gasteiger partial charge in [0.05, 0.1) is 11.7 Å². The molecule has 3 fully saturated rings. The molecule has 1 aliphatic heterocycles. The van der Waals surface area contributed by atoms with E-state index in [-0.39, 0.29) is 18.8 Å². The minimum atomic E-state index is -0.138. The van der Waals surface area contributed by atoms with Crippen LogP contribution in [0.5, 0.6) is 0 Å². The maximum absolute atomic E-state index is 6.37. The molecule has 0 N–H and O–H groups in total. The van der Waals surface area contributed by atoms with Crippen LogP contribution < -0.4 is 5.46 Å². The zero-order valence-electron chi connectivity index (χ0n) is 11.2. The maximum atomic E-state index is 6.37. The van der Waals surface area contributed by atoms with Crippen LogP contribution in [0.3, 0.4) is 0 Å². The smallest absolute Gasteiger partial charge is 0.401 e. The third-order valence-electron chi connectivity index (χ3n) is 5.51. The SMILES string of the molecule is CC1(C)[C@@H]2CC[C@H]3OB(c4ccsc4)O[C@@]3(C)[C@@H]21. The molecule has 2 nitrogen and oxygen atoms in total. The Kier molecular flexibility index (Phi) is 2.18. The Morgan fingerprint density at radius 3 is 2.89 bits per heavy atom. The molecular formula is C14H19BO2S. The van der Waals surface area contributed by atoms with Gasteiger partial charge in [-0.3, -0.25) is 0 Å². The van der Waals surface area contributed by atoms with E-state index in [2.05, 4.69) is 37.6 Å². The van der Waals surface area contributed by atoms with E-state index in [0.717, 1.165) is 12.3 Å². The van der Waals surface area contributed by atoms with E-state index in [1.807, 2.05) is 0 Å². The van der Waals surface area contributed by atoms with Crippen molar-refractivity contribution in [3.63, 3.8) is 0 Å². The summed E-state index contributed by atoms with van der Waals surface area (Å²) in [5.74, 6) is 1.51. The number of fused-ring (bicyclic) bond motifs is 3. The molecule has 4 atom stereocenters. The fourth-order valence-electron chi connectivity index (χ4n) is 4.55. The molecule has 0 amide bonds. The second-order valence-electron chi connectivity index (χ2n) is 6.80. The third-order valence-corrected chi connectivity index (χ3v) is 6.21. The number of hydrogen-bond acceptors (Lipinski definition) is 3. The van der Waals surface area contributed by atoms with Gasteiger partial charge in [0.2, 0.25) is 0 Å². The van der Waals surface area contributed by atoms with Gasteiger partial charge in [0.25, 0.3) is 0 Å². The van der Waals surface area contributed by atoms with E-state index in [1.54, 1.807) is 11.3 Å². The van der Waals surface area contributed by atoms with E-state index in [4.69, 9.17) is 9.31 Å². The van der Waals surface area contributed by atoms with Crippen LogP contribution in [0.2, 0.25) is 0 Å². The van der Waals surface area contributed by atoms with E-state index >= 15 is 0 Å². The van der Waals surface area contributed by atoms with Gasteiger partial charge in [0.1, 0.15) is 0 Å². The lowest BCUT2D eigenvalue weighted by atomic mass is 9.81. The summed E-state index contributed by atoms with van der Waals surface area (Å²) in [5, 5.41) is 4.23. The van der Waals surface area contributed by atoms with Crippen molar-refractivity contribution in [2.24, 2.45) is 17.3 Å². The fraction of sp³-hybridized carbons (Fsp3) is 0.714. The first-order valence-electron chi connectivity index (χ1n) is 6.89. The van der Waals surface area contributed by atoms with Crippen molar-refractivity contribution in [2.45, 2.75) is 45.3 Å². The van der Waals surface area contributed by atoms with Crippen molar-refractivity contribution in [3.05, 3.63) is 16.8 Å². The highest BCUT2D eigenvalue weighted by Crippen LogP contribution is 2.70. The first-order valence-corrected chi connectivity index (χ1v) is 7.83. The van der Waals surface area contributed by atoms with Crippen molar-refractivity contribution >= 4 is 23.9 Å². The van der Waals surface area contributed by atoms with Crippen LogP contribution in [0.4, 0.5) is 0 Å². The summed E-state index contributed by atoms with van der Waals surface area (Å²) < 4.78 is 12.6. The van der Waals surface area contributed by atoms with Crippen molar-refractivity contribution in [1.82, 2.24) is 0 Å². The second kappa shape index (κ2) is 3.41. The fourth-order valence-corrected chi connectivity index (χ4v) is 5.22. The molecule has 1 aromatic rings. The molecule has 4 heteroatoms. The molecule has 1 saturated heterocycles. The van der Waals surface area contributed by atoms with E-state index in [1.165, 1.54) is 11.9 Å². The Morgan fingerprint density at radius 2 is 2.17 bits per heavy atom. The molecule has 96 valence electrons. The number of rotatable bonds is 1. The average Bonchev–Trinajstić information content (AvgIpc) is 2.77. The van der Waals surface area contributed by atoms with Crippen LogP contribution >= 0.6 is 11.3 Å². The summed E-state index contributed by atoms with van der Waals surface area (Å²) in [6, 6.07) is 2.12. The Balaban J connectivity index is 1.64. The molecule has 1 aromatic heterocycles. The maximum Gasteiger partial charge on any atom is 0.495 e. The molecule has 0 radical (unpaired) electrons. The highest BCUT2D eigenvalue weighted by molar-refractivity contribution is 7.09. The highest BCUT2D eigenvalue weighted by atomic mass is 32.1. The molecule has 2 aliphatic carbocycles. The summed E-state index contributed by atoms with van der Waals surface area (Å²) >= 11 is 1.71. The van der Waals surface area contributed by atoms with Crippen LogP contribution in [0.15, 0.2) is 16.8 Å². The molecule has 4 rings (SSSR count). The van der Waals surface area contributed by atoms with Crippen molar-refractivity contribution in [2.75, 3.05) is 0 Å². The molecule has 0 bridgehead atoms. The van der Waals surface area contributed by atoms with E-state index < -0.39 is 0 Å². The van der Waals surface area contributed by atoms with Crippen LogP contribution in [0, 0.1) is 17.3 Å². The van der Waals surface area contributed by atoms with E-state index in [9.17, 15) is 0 Å². The predicted octanol–water partition coefficient (Wildman–Crippen LogP) is 2.68. The first-order chi connectivity index (χ1) is 8.53. The first kappa shape index (κ1) is 11.5. The standard InChI is InChI=1S/C14H19BO2S/c1-13(2)10-4-5-11-14(3,12(10)13)17-15(16-11)9-6-7-18-8-9/h6-8,10-12H,4-5H2,1-3H3/t10-,11-,12+,14-/m1/s1. The highest BCUT2D eigenvalue weighted by Gasteiger charge is 2.72. The number of thiophene rings is 1. The van der Waals surface area contributed by atoms with Gasteiger partial charge in [-0.2, -0.15) is 11.3 Å². The van der Waals surface area contributed by atoms with Crippen LogP contribution in [-0.2, 0) is 9.31 Å². The minimum absolute atomic E-state index is 0.0704. The lowest BCUT2D eigenvalue weighted by molar-refractivity contribution is 0.000212. The molecule has 0 aromatic carbocycles. The van der Waals surface area contributed by atoms with Crippen LogP contribution in [0.1, 0.15) is 33.6 Å². The van der Waals surface area contributed by atoms with Gasteiger partial charge >= 0.3 is 7.12 Å². The Labute approximate surface area is 113 Å². The summed E-state index contributed by atoms with van der Waals surface area (Å²) in [4.78, 5) is 0. The van der Waals surface area contributed by atoms with Gasteiger partial charge in [-0.15, -0.1) is 0 Å². The monoisotopic (exact) mass is 262 g/mol. The topological polar surface area (TPSA) is 18.5 Å². The molecule has 0 spiro atoms. The summed E-state index contributed by atoms with van der Waals surface area (Å²) in [7, 11) is -0.138. The van der Waals surface area contributed by atoms with E-state index in [0.29, 0.717) is 11.3 Å². The van der Waals surface area contributed by atoms with Crippen molar-refractivity contribution in [3.8, 4) is 0 Å². The van der Waals surface area contributed by atoms with Gasteiger partial charge < -0.3 is 9.31 Å². The van der Waals surface area contributed by atoms with Gasteiger partial charge in [-0.05, 0) is 53.2 Å². The van der Waals surface area contributed by atoms with Gasteiger partial charge in [-0.25, -0.2) is 0 Å². The predicted molar refractivity (Wildman–Crippen MR) is 74.1 cm³/mol. The van der Waals surface area contributed by atoms with Crippen LogP contribution in [-0.4, -0.2) is 18.8 Å². The minimum Gasteiger partial charge on any atom is -0.401 e.